The number of ether oxygens (including phenoxy) is 1. The van der Waals surface area contributed by atoms with Crippen LogP contribution in [0.4, 0.5) is 0 Å². The van der Waals surface area contributed by atoms with Crippen molar-refractivity contribution < 1.29 is 4.74 Å². The molecule has 0 aliphatic carbocycles. The first kappa shape index (κ1) is 12.0. The van der Waals surface area contributed by atoms with Gasteiger partial charge in [0.1, 0.15) is 0 Å². The Morgan fingerprint density at radius 1 is 1.50 bits per heavy atom. The molecule has 84 valence electrons. The van der Waals surface area contributed by atoms with Gasteiger partial charge in [0.2, 0.25) is 0 Å². The summed E-state index contributed by atoms with van der Waals surface area (Å²) in [5, 5.41) is 0. The minimum Gasteiger partial charge on any atom is -0.377 e. The van der Waals surface area contributed by atoms with Crippen molar-refractivity contribution in [1.29, 1.82) is 0 Å². The van der Waals surface area contributed by atoms with E-state index in [1.807, 2.05) is 0 Å². The molecule has 1 rings (SSSR count). The standard InChI is InChI=1S/C11H24N2O/c1-9(2)14-7-6-13-5-4-10(3)11(12)8-13/h9-11H,4-8,12H2,1-3H3. The van der Waals surface area contributed by atoms with Crippen molar-refractivity contribution in [2.24, 2.45) is 11.7 Å². The Morgan fingerprint density at radius 2 is 2.21 bits per heavy atom. The summed E-state index contributed by atoms with van der Waals surface area (Å²) in [7, 11) is 0. The molecule has 2 atom stereocenters. The Kier molecular flexibility index (Phi) is 4.85. The van der Waals surface area contributed by atoms with E-state index in [2.05, 4.69) is 25.7 Å². The van der Waals surface area contributed by atoms with Gasteiger partial charge in [-0.2, -0.15) is 0 Å². The predicted octanol–water partition coefficient (Wildman–Crippen LogP) is 1.08. The van der Waals surface area contributed by atoms with Crippen LogP contribution in [0.1, 0.15) is 27.2 Å². The summed E-state index contributed by atoms with van der Waals surface area (Å²) in [6, 6.07) is 0.350. The minimum absolute atomic E-state index is 0.340. The highest BCUT2D eigenvalue weighted by atomic mass is 16.5. The zero-order valence-corrected chi connectivity index (χ0v) is 9.70. The lowest BCUT2D eigenvalue weighted by molar-refractivity contribution is 0.0487. The molecule has 0 saturated carbocycles. The quantitative estimate of drug-likeness (QED) is 0.738. The first-order valence-corrected chi connectivity index (χ1v) is 5.69. The Bertz CT molecular complexity index is 161. The molecule has 0 aromatic heterocycles. The van der Waals surface area contributed by atoms with Gasteiger partial charge in [0.15, 0.2) is 0 Å². The van der Waals surface area contributed by atoms with Crippen LogP contribution in [0.25, 0.3) is 0 Å². The highest BCUT2D eigenvalue weighted by Gasteiger charge is 2.22. The van der Waals surface area contributed by atoms with Gasteiger partial charge in [-0.1, -0.05) is 6.92 Å². The van der Waals surface area contributed by atoms with Gasteiger partial charge in [-0.25, -0.2) is 0 Å². The zero-order valence-electron chi connectivity index (χ0n) is 9.70. The van der Waals surface area contributed by atoms with Crippen LogP contribution in [0.2, 0.25) is 0 Å². The molecule has 0 aromatic rings. The number of nitrogens with zero attached hydrogens (tertiary/aromatic N) is 1. The number of hydrogen-bond donors (Lipinski definition) is 1. The average molecular weight is 200 g/mol. The largest absolute Gasteiger partial charge is 0.377 e. The number of likely N-dealkylation sites (tertiary alicyclic amines) is 1. The predicted molar refractivity (Wildman–Crippen MR) is 59.3 cm³/mol. The van der Waals surface area contributed by atoms with Crippen molar-refractivity contribution >= 4 is 0 Å². The number of nitrogens with two attached hydrogens (primary N) is 1. The number of hydrogen-bond acceptors (Lipinski definition) is 3. The molecular weight excluding hydrogens is 176 g/mol. The normalized spacial score (nSPS) is 29.8. The third kappa shape index (κ3) is 3.95. The lowest BCUT2D eigenvalue weighted by Gasteiger charge is -2.35. The molecule has 3 heteroatoms. The van der Waals surface area contributed by atoms with Crippen LogP contribution < -0.4 is 5.73 Å². The molecule has 0 bridgehead atoms. The average Bonchev–Trinajstić information content (AvgIpc) is 2.10. The third-order valence-electron chi connectivity index (χ3n) is 2.96. The second kappa shape index (κ2) is 5.69. The van der Waals surface area contributed by atoms with Crippen LogP contribution in [0.3, 0.4) is 0 Å². The van der Waals surface area contributed by atoms with Gasteiger partial charge in [0.05, 0.1) is 12.7 Å². The van der Waals surface area contributed by atoms with Crippen LogP contribution >= 0.6 is 0 Å². The van der Waals surface area contributed by atoms with Crippen LogP contribution in [0, 0.1) is 5.92 Å². The molecule has 14 heavy (non-hydrogen) atoms. The molecule has 0 spiro atoms. The van der Waals surface area contributed by atoms with E-state index < -0.39 is 0 Å². The summed E-state index contributed by atoms with van der Waals surface area (Å²) in [5.74, 6) is 0.678. The van der Waals surface area contributed by atoms with Crippen LogP contribution in [-0.4, -0.2) is 43.3 Å². The smallest absolute Gasteiger partial charge is 0.0596 e. The maximum absolute atomic E-state index is 6.02. The van der Waals surface area contributed by atoms with Crippen molar-refractivity contribution in [3.63, 3.8) is 0 Å². The molecule has 0 amide bonds. The summed E-state index contributed by atoms with van der Waals surface area (Å²) in [5.41, 5.74) is 6.02. The Hall–Kier alpha value is -0.120. The molecule has 1 heterocycles. The maximum Gasteiger partial charge on any atom is 0.0596 e. The van der Waals surface area contributed by atoms with E-state index in [0.29, 0.717) is 18.1 Å². The number of rotatable bonds is 4. The molecule has 1 aliphatic rings. The van der Waals surface area contributed by atoms with E-state index >= 15 is 0 Å². The van der Waals surface area contributed by atoms with Gasteiger partial charge in [-0.15, -0.1) is 0 Å². The van der Waals surface area contributed by atoms with Crippen molar-refractivity contribution in [2.45, 2.75) is 39.3 Å². The highest BCUT2D eigenvalue weighted by Crippen LogP contribution is 2.14. The third-order valence-corrected chi connectivity index (χ3v) is 2.96. The fraction of sp³-hybridized carbons (Fsp3) is 1.00. The van der Waals surface area contributed by atoms with Crippen molar-refractivity contribution in [2.75, 3.05) is 26.2 Å². The van der Waals surface area contributed by atoms with E-state index in [0.717, 1.165) is 19.7 Å². The molecule has 1 aliphatic heterocycles. The minimum atomic E-state index is 0.340. The molecule has 0 aromatic carbocycles. The van der Waals surface area contributed by atoms with Crippen LogP contribution in [0.5, 0.6) is 0 Å². The summed E-state index contributed by atoms with van der Waals surface area (Å²) >= 11 is 0. The fourth-order valence-corrected chi connectivity index (χ4v) is 1.79. The lowest BCUT2D eigenvalue weighted by Crippen LogP contribution is -2.48. The highest BCUT2D eigenvalue weighted by molar-refractivity contribution is 4.80. The fourth-order valence-electron chi connectivity index (χ4n) is 1.79. The number of piperidine rings is 1. The van der Waals surface area contributed by atoms with Crippen LogP contribution in [0.15, 0.2) is 0 Å². The van der Waals surface area contributed by atoms with Gasteiger partial charge in [0.25, 0.3) is 0 Å². The lowest BCUT2D eigenvalue weighted by atomic mass is 9.94. The van der Waals surface area contributed by atoms with Gasteiger partial charge < -0.3 is 10.5 Å². The van der Waals surface area contributed by atoms with E-state index in [1.54, 1.807) is 0 Å². The molecule has 2 N–H and O–H groups in total. The molecule has 1 fully saturated rings. The molecule has 1 saturated heterocycles. The van der Waals surface area contributed by atoms with Gasteiger partial charge in [-0.3, -0.25) is 4.90 Å². The van der Waals surface area contributed by atoms with Crippen molar-refractivity contribution in [3.8, 4) is 0 Å². The zero-order chi connectivity index (χ0) is 10.6. The first-order valence-electron chi connectivity index (χ1n) is 5.69. The van der Waals surface area contributed by atoms with E-state index in [-0.39, 0.29) is 0 Å². The molecular formula is C11H24N2O. The summed E-state index contributed by atoms with van der Waals surface area (Å²) in [6.45, 7) is 10.5. The Morgan fingerprint density at radius 3 is 2.79 bits per heavy atom. The topological polar surface area (TPSA) is 38.5 Å². The van der Waals surface area contributed by atoms with Crippen molar-refractivity contribution in [3.05, 3.63) is 0 Å². The first-order chi connectivity index (χ1) is 6.59. The van der Waals surface area contributed by atoms with E-state index in [1.165, 1.54) is 13.0 Å². The van der Waals surface area contributed by atoms with Gasteiger partial charge >= 0.3 is 0 Å². The Labute approximate surface area is 87.6 Å². The summed E-state index contributed by atoms with van der Waals surface area (Å²) < 4.78 is 5.52. The van der Waals surface area contributed by atoms with Crippen molar-refractivity contribution in [1.82, 2.24) is 4.90 Å². The van der Waals surface area contributed by atoms with E-state index in [4.69, 9.17) is 10.5 Å². The Balaban J connectivity index is 2.13. The second-order valence-electron chi connectivity index (χ2n) is 4.65. The SMILES string of the molecule is CC(C)OCCN1CCC(C)C(N)C1. The van der Waals surface area contributed by atoms with Gasteiger partial charge in [-0.05, 0) is 32.7 Å². The molecule has 2 unspecified atom stereocenters. The molecule has 3 nitrogen and oxygen atoms in total. The van der Waals surface area contributed by atoms with Gasteiger partial charge in [0, 0.05) is 19.1 Å². The second-order valence-corrected chi connectivity index (χ2v) is 4.65. The van der Waals surface area contributed by atoms with E-state index in [9.17, 15) is 0 Å². The summed E-state index contributed by atoms with van der Waals surface area (Å²) in [6.07, 6.45) is 1.57. The molecule has 0 radical (unpaired) electrons. The monoisotopic (exact) mass is 200 g/mol. The summed E-state index contributed by atoms with van der Waals surface area (Å²) in [4.78, 5) is 2.41. The maximum atomic E-state index is 6.02. The van der Waals surface area contributed by atoms with Crippen LogP contribution in [-0.2, 0) is 4.74 Å².